The molecule has 2 heteroatoms. The zero-order valence-electron chi connectivity index (χ0n) is 11.8. The van der Waals surface area contributed by atoms with Gasteiger partial charge in [0.1, 0.15) is 5.75 Å². The van der Waals surface area contributed by atoms with Gasteiger partial charge < -0.3 is 10.1 Å². The van der Waals surface area contributed by atoms with Crippen LogP contribution in [0.4, 0.5) is 0 Å². The molecule has 1 aliphatic rings. The van der Waals surface area contributed by atoms with Crippen molar-refractivity contribution in [2.45, 2.75) is 32.6 Å². The van der Waals surface area contributed by atoms with E-state index < -0.39 is 0 Å². The van der Waals surface area contributed by atoms with Gasteiger partial charge >= 0.3 is 0 Å². The predicted octanol–water partition coefficient (Wildman–Crippen LogP) is 3.43. The van der Waals surface area contributed by atoms with Gasteiger partial charge in [0.25, 0.3) is 0 Å². The predicted molar refractivity (Wildman–Crippen MR) is 76.2 cm³/mol. The standard InChI is InChI=1S/C16H25NO/c1-12(2)9-14-11-17-8-7-16(14)13-5-4-6-15(10-13)18-3/h4-6,10,12,14,16-17H,7-9,11H2,1-3H3. The largest absolute Gasteiger partial charge is 0.497 e. The highest BCUT2D eigenvalue weighted by atomic mass is 16.5. The van der Waals surface area contributed by atoms with Crippen LogP contribution in [0.5, 0.6) is 5.75 Å². The molecule has 0 aliphatic carbocycles. The maximum absolute atomic E-state index is 5.35. The molecule has 2 rings (SSSR count). The number of ether oxygens (including phenoxy) is 1. The molecule has 0 spiro atoms. The molecule has 2 atom stereocenters. The van der Waals surface area contributed by atoms with Crippen LogP contribution in [0.3, 0.4) is 0 Å². The maximum atomic E-state index is 5.35. The van der Waals surface area contributed by atoms with Crippen LogP contribution in [0.15, 0.2) is 24.3 Å². The van der Waals surface area contributed by atoms with E-state index in [-0.39, 0.29) is 0 Å². The molecule has 100 valence electrons. The Kier molecular flexibility index (Phi) is 4.65. The van der Waals surface area contributed by atoms with Gasteiger partial charge in [-0.25, -0.2) is 0 Å². The Labute approximate surface area is 111 Å². The van der Waals surface area contributed by atoms with Gasteiger partial charge in [-0.05, 0) is 61.4 Å². The van der Waals surface area contributed by atoms with Crippen molar-refractivity contribution in [3.05, 3.63) is 29.8 Å². The van der Waals surface area contributed by atoms with E-state index in [4.69, 9.17) is 4.74 Å². The second kappa shape index (κ2) is 6.24. The Bertz CT molecular complexity index is 375. The van der Waals surface area contributed by atoms with E-state index in [2.05, 4.69) is 37.4 Å². The molecule has 0 radical (unpaired) electrons. The van der Waals surface area contributed by atoms with E-state index in [1.807, 2.05) is 6.07 Å². The maximum Gasteiger partial charge on any atom is 0.119 e. The normalized spacial score (nSPS) is 24.2. The third-order valence-electron chi connectivity index (χ3n) is 3.90. The Morgan fingerprint density at radius 1 is 1.39 bits per heavy atom. The fraction of sp³-hybridized carbons (Fsp3) is 0.625. The quantitative estimate of drug-likeness (QED) is 0.880. The highest BCUT2D eigenvalue weighted by Crippen LogP contribution is 2.35. The van der Waals surface area contributed by atoms with Crippen molar-refractivity contribution >= 4 is 0 Å². The molecule has 0 saturated carbocycles. The second-order valence-electron chi connectivity index (χ2n) is 5.77. The van der Waals surface area contributed by atoms with Crippen molar-refractivity contribution in [1.82, 2.24) is 5.32 Å². The molecule has 2 nitrogen and oxygen atoms in total. The van der Waals surface area contributed by atoms with E-state index in [0.717, 1.165) is 30.7 Å². The number of nitrogens with one attached hydrogen (secondary N) is 1. The van der Waals surface area contributed by atoms with Crippen molar-refractivity contribution < 1.29 is 4.74 Å². The minimum Gasteiger partial charge on any atom is -0.497 e. The van der Waals surface area contributed by atoms with Gasteiger partial charge in [0.15, 0.2) is 0 Å². The van der Waals surface area contributed by atoms with Crippen LogP contribution in [-0.4, -0.2) is 20.2 Å². The van der Waals surface area contributed by atoms with Gasteiger partial charge in [0.2, 0.25) is 0 Å². The van der Waals surface area contributed by atoms with Gasteiger partial charge in [-0.15, -0.1) is 0 Å². The summed E-state index contributed by atoms with van der Waals surface area (Å²) in [6, 6.07) is 8.61. The summed E-state index contributed by atoms with van der Waals surface area (Å²) in [5.41, 5.74) is 1.45. The van der Waals surface area contributed by atoms with Crippen LogP contribution < -0.4 is 10.1 Å². The number of methoxy groups -OCH3 is 1. The molecule has 1 aliphatic heterocycles. The van der Waals surface area contributed by atoms with E-state index in [1.165, 1.54) is 18.4 Å². The first-order valence-electron chi connectivity index (χ1n) is 7.05. The molecule has 0 bridgehead atoms. The molecule has 1 saturated heterocycles. The second-order valence-corrected chi connectivity index (χ2v) is 5.77. The summed E-state index contributed by atoms with van der Waals surface area (Å²) in [6.45, 7) is 6.92. The summed E-state index contributed by atoms with van der Waals surface area (Å²) < 4.78 is 5.35. The molecule has 1 aromatic carbocycles. The van der Waals surface area contributed by atoms with Crippen molar-refractivity contribution in [3.63, 3.8) is 0 Å². The molecule has 2 unspecified atom stereocenters. The van der Waals surface area contributed by atoms with Gasteiger partial charge in [0, 0.05) is 0 Å². The zero-order valence-corrected chi connectivity index (χ0v) is 11.8. The monoisotopic (exact) mass is 247 g/mol. The average molecular weight is 247 g/mol. The van der Waals surface area contributed by atoms with Gasteiger partial charge in [0.05, 0.1) is 7.11 Å². The lowest BCUT2D eigenvalue weighted by molar-refractivity contribution is 0.279. The lowest BCUT2D eigenvalue weighted by Gasteiger charge is -2.33. The Morgan fingerprint density at radius 3 is 2.94 bits per heavy atom. The lowest BCUT2D eigenvalue weighted by atomic mass is 9.77. The molecule has 1 heterocycles. The zero-order chi connectivity index (χ0) is 13.0. The van der Waals surface area contributed by atoms with Crippen LogP contribution in [0.1, 0.15) is 38.2 Å². The minimum absolute atomic E-state index is 0.684. The van der Waals surface area contributed by atoms with E-state index in [0.29, 0.717) is 5.92 Å². The third-order valence-corrected chi connectivity index (χ3v) is 3.90. The van der Waals surface area contributed by atoms with Crippen LogP contribution in [-0.2, 0) is 0 Å². The molecule has 1 fully saturated rings. The van der Waals surface area contributed by atoms with E-state index in [9.17, 15) is 0 Å². The van der Waals surface area contributed by atoms with E-state index >= 15 is 0 Å². The third kappa shape index (κ3) is 3.26. The van der Waals surface area contributed by atoms with E-state index in [1.54, 1.807) is 7.11 Å². The van der Waals surface area contributed by atoms with Crippen molar-refractivity contribution in [1.29, 1.82) is 0 Å². The lowest BCUT2D eigenvalue weighted by Crippen LogP contribution is -2.36. The summed E-state index contributed by atoms with van der Waals surface area (Å²) in [5.74, 6) is 3.19. The number of piperidine rings is 1. The minimum atomic E-state index is 0.684. The number of hydrogen-bond donors (Lipinski definition) is 1. The van der Waals surface area contributed by atoms with Crippen LogP contribution in [0, 0.1) is 11.8 Å². The van der Waals surface area contributed by atoms with Crippen LogP contribution in [0.25, 0.3) is 0 Å². The Morgan fingerprint density at radius 2 is 2.22 bits per heavy atom. The summed E-state index contributed by atoms with van der Waals surface area (Å²) >= 11 is 0. The van der Waals surface area contributed by atoms with Gasteiger partial charge in [-0.2, -0.15) is 0 Å². The SMILES string of the molecule is COc1cccc(C2CCNCC2CC(C)C)c1. The first-order chi connectivity index (χ1) is 8.70. The first-order valence-corrected chi connectivity index (χ1v) is 7.05. The first kappa shape index (κ1) is 13.4. The molecule has 1 aromatic rings. The number of benzene rings is 1. The highest BCUT2D eigenvalue weighted by molar-refractivity contribution is 5.31. The summed E-state index contributed by atoms with van der Waals surface area (Å²) in [6.07, 6.45) is 2.54. The Hall–Kier alpha value is -1.02. The summed E-state index contributed by atoms with van der Waals surface area (Å²) in [7, 11) is 1.74. The number of hydrogen-bond acceptors (Lipinski definition) is 2. The molecule has 1 N–H and O–H groups in total. The molecular weight excluding hydrogens is 222 g/mol. The highest BCUT2D eigenvalue weighted by Gasteiger charge is 2.26. The molecule has 0 amide bonds. The van der Waals surface area contributed by atoms with Crippen LogP contribution in [0.2, 0.25) is 0 Å². The van der Waals surface area contributed by atoms with Crippen molar-refractivity contribution in [3.8, 4) is 5.75 Å². The fourth-order valence-corrected chi connectivity index (χ4v) is 3.09. The summed E-state index contributed by atoms with van der Waals surface area (Å²) in [4.78, 5) is 0. The molecule has 18 heavy (non-hydrogen) atoms. The Balaban J connectivity index is 2.16. The fourth-order valence-electron chi connectivity index (χ4n) is 3.09. The number of rotatable bonds is 4. The van der Waals surface area contributed by atoms with Crippen LogP contribution >= 0.6 is 0 Å². The van der Waals surface area contributed by atoms with Crippen molar-refractivity contribution in [2.75, 3.05) is 20.2 Å². The van der Waals surface area contributed by atoms with Crippen molar-refractivity contribution in [2.24, 2.45) is 11.8 Å². The summed E-state index contributed by atoms with van der Waals surface area (Å²) in [5, 5.41) is 3.54. The van der Waals surface area contributed by atoms with Gasteiger partial charge in [-0.1, -0.05) is 26.0 Å². The average Bonchev–Trinajstić information content (AvgIpc) is 2.39. The topological polar surface area (TPSA) is 21.3 Å². The van der Waals surface area contributed by atoms with Gasteiger partial charge in [-0.3, -0.25) is 0 Å². The molecular formula is C16H25NO. The molecule has 0 aromatic heterocycles. The smallest absolute Gasteiger partial charge is 0.119 e.